The van der Waals surface area contributed by atoms with Gasteiger partial charge in [-0.1, -0.05) is 6.07 Å². The Morgan fingerprint density at radius 2 is 2.22 bits per heavy atom. The quantitative estimate of drug-likeness (QED) is 0.861. The van der Waals surface area contributed by atoms with Gasteiger partial charge in [0.2, 0.25) is 0 Å². The summed E-state index contributed by atoms with van der Waals surface area (Å²) in [4.78, 5) is 9.36. The summed E-state index contributed by atoms with van der Waals surface area (Å²) in [5.41, 5.74) is 6.86. The lowest BCUT2D eigenvalue weighted by atomic mass is 10.0. The molecule has 2 rings (SSSR count). The third-order valence-corrected chi connectivity index (χ3v) is 3.87. The van der Waals surface area contributed by atoms with E-state index in [2.05, 4.69) is 40.9 Å². The first-order chi connectivity index (χ1) is 8.70. The van der Waals surface area contributed by atoms with Gasteiger partial charge in [-0.3, -0.25) is 14.8 Å². The number of aromatic nitrogens is 1. The lowest BCUT2D eigenvalue weighted by molar-refractivity contribution is 0.0437. The summed E-state index contributed by atoms with van der Waals surface area (Å²) < 4.78 is 0. The van der Waals surface area contributed by atoms with Gasteiger partial charge in [-0.15, -0.1) is 0 Å². The van der Waals surface area contributed by atoms with Gasteiger partial charge in [0.05, 0.1) is 5.69 Å². The molecule has 1 aliphatic rings. The van der Waals surface area contributed by atoms with Crippen LogP contribution in [0.3, 0.4) is 0 Å². The van der Waals surface area contributed by atoms with E-state index in [9.17, 15) is 0 Å². The van der Waals surface area contributed by atoms with Crippen LogP contribution in [-0.2, 0) is 6.54 Å². The van der Waals surface area contributed by atoms with Crippen molar-refractivity contribution in [3.05, 3.63) is 30.1 Å². The summed E-state index contributed by atoms with van der Waals surface area (Å²) in [6, 6.07) is 7.27. The summed E-state index contributed by atoms with van der Waals surface area (Å²) in [5.74, 6) is 0. The highest BCUT2D eigenvalue weighted by Crippen LogP contribution is 2.17. The predicted octanol–water partition coefficient (Wildman–Crippen LogP) is 0.935. The standard InChI is InChI=1S/C14H24N4/c1-12-9-18(10-13-5-3-4-8-16-13)11-14(6-7-15)17(12)2/h3-5,8,12,14H,6-7,9-11,15H2,1-2H3. The molecular formula is C14H24N4. The third-order valence-electron chi connectivity index (χ3n) is 3.87. The van der Waals surface area contributed by atoms with Crippen LogP contribution >= 0.6 is 0 Å². The van der Waals surface area contributed by atoms with Crippen LogP contribution in [0, 0.1) is 0 Å². The number of piperazine rings is 1. The first-order valence-electron chi connectivity index (χ1n) is 6.75. The van der Waals surface area contributed by atoms with Crippen LogP contribution < -0.4 is 5.73 Å². The summed E-state index contributed by atoms with van der Waals surface area (Å²) in [5, 5.41) is 0. The van der Waals surface area contributed by atoms with E-state index in [-0.39, 0.29) is 0 Å². The van der Waals surface area contributed by atoms with Gasteiger partial charge < -0.3 is 5.73 Å². The second kappa shape index (κ2) is 6.27. The van der Waals surface area contributed by atoms with E-state index in [0.717, 1.165) is 38.3 Å². The van der Waals surface area contributed by atoms with E-state index >= 15 is 0 Å². The average Bonchev–Trinajstić information content (AvgIpc) is 2.37. The third kappa shape index (κ3) is 3.28. The van der Waals surface area contributed by atoms with E-state index in [1.807, 2.05) is 12.3 Å². The zero-order valence-corrected chi connectivity index (χ0v) is 11.4. The van der Waals surface area contributed by atoms with Gasteiger partial charge in [0, 0.05) is 37.9 Å². The van der Waals surface area contributed by atoms with Gasteiger partial charge in [-0.25, -0.2) is 0 Å². The Morgan fingerprint density at radius 1 is 1.39 bits per heavy atom. The number of nitrogens with two attached hydrogens (primary N) is 1. The molecule has 1 aliphatic heterocycles. The number of hydrogen-bond acceptors (Lipinski definition) is 4. The zero-order valence-electron chi connectivity index (χ0n) is 11.4. The number of pyridine rings is 1. The molecule has 1 aromatic heterocycles. The molecule has 2 unspecified atom stereocenters. The molecule has 0 aliphatic carbocycles. The van der Waals surface area contributed by atoms with Crippen molar-refractivity contribution < 1.29 is 0 Å². The zero-order chi connectivity index (χ0) is 13.0. The summed E-state index contributed by atoms with van der Waals surface area (Å²) in [6.07, 6.45) is 2.94. The second-order valence-corrected chi connectivity index (χ2v) is 5.26. The van der Waals surface area contributed by atoms with Gasteiger partial charge in [-0.05, 0) is 39.1 Å². The molecule has 2 atom stereocenters. The van der Waals surface area contributed by atoms with Crippen molar-refractivity contribution in [1.82, 2.24) is 14.8 Å². The largest absolute Gasteiger partial charge is 0.330 e. The van der Waals surface area contributed by atoms with Gasteiger partial charge in [0.1, 0.15) is 0 Å². The number of hydrogen-bond donors (Lipinski definition) is 1. The molecule has 0 aromatic carbocycles. The minimum Gasteiger partial charge on any atom is -0.330 e. The van der Waals surface area contributed by atoms with Gasteiger partial charge in [0.15, 0.2) is 0 Å². The first kappa shape index (κ1) is 13.5. The van der Waals surface area contributed by atoms with E-state index in [1.165, 1.54) is 0 Å². The fourth-order valence-electron chi connectivity index (χ4n) is 2.70. The molecule has 18 heavy (non-hydrogen) atoms. The maximum atomic E-state index is 5.71. The highest BCUT2D eigenvalue weighted by atomic mass is 15.3. The molecule has 0 radical (unpaired) electrons. The molecule has 0 spiro atoms. The molecule has 2 N–H and O–H groups in total. The maximum Gasteiger partial charge on any atom is 0.0543 e. The Balaban J connectivity index is 1.97. The molecule has 4 nitrogen and oxygen atoms in total. The Bertz CT molecular complexity index is 354. The molecule has 1 aromatic rings. The lowest BCUT2D eigenvalue weighted by Crippen LogP contribution is -2.56. The molecule has 2 heterocycles. The van der Waals surface area contributed by atoms with Gasteiger partial charge in [-0.2, -0.15) is 0 Å². The lowest BCUT2D eigenvalue weighted by Gasteiger charge is -2.43. The van der Waals surface area contributed by atoms with Crippen LogP contribution in [-0.4, -0.2) is 53.5 Å². The highest BCUT2D eigenvalue weighted by Gasteiger charge is 2.28. The molecule has 4 heteroatoms. The molecule has 1 saturated heterocycles. The van der Waals surface area contributed by atoms with Crippen LogP contribution in [0.4, 0.5) is 0 Å². The van der Waals surface area contributed by atoms with E-state index in [4.69, 9.17) is 5.73 Å². The minimum atomic E-state index is 0.572. The van der Waals surface area contributed by atoms with Crippen molar-refractivity contribution in [3.63, 3.8) is 0 Å². The Kier molecular flexibility index (Phi) is 4.69. The van der Waals surface area contributed by atoms with Gasteiger partial charge >= 0.3 is 0 Å². The molecule has 0 saturated carbocycles. The summed E-state index contributed by atoms with van der Waals surface area (Å²) in [7, 11) is 2.21. The van der Waals surface area contributed by atoms with Crippen LogP contribution in [0.15, 0.2) is 24.4 Å². The van der Waals surface area contributed by atoms with Crippen LogP contribution in [0.2, 0.25) is 0 Å². The molecule has 100 valence electrons. The smallest absolute Gasteiger partial charge is 0.0543 e. The highest BCUT2D eigenvalue weighted by molar-refractivity contribution is 5.04. The van der Waals surface area contributed by atoms with Crippen molar-refractivity contribution in [1.29, 1.82) is 0 Å². The normalized spacial score (nSPS) is 26.4. The maximum absolute atomic E-state index is 5.71. The molecule has 0 amide bonds. The fourth-order valence-corrected chi connectivity index (χ4v) is 2.70. The Morgan fingerprint density at radius 3 is 2.89 bits per heavy atom. The molecular weight excluding hydrogens is 224 g/mol. The van der Waals surface area contributed by atoms with Crippen LogP contribution in [0.1, 0.15) is 19.0 Å². The number of likely N-dealkylation sites (N-methyl/N-ethyl adjacent to an activating group) is 1. The van der Waals surface area contributed by atoms with Crippen molar-refractivity contribution in [2.45, 2.75) is 32.0 Å². The monoisotopic (exact) mass is 248 g/mol. The summed E-state index contributed by atoms with van der Waals surface area (Å²) in [6.45, 7) is 6.19. The van der Waals surface area contributed by atoms with Crippen molar-refractivity contribution >= 4 is 0 Å². The van der Waals surface area contributed by atoms with Crippen molar-refractivity contribution in [2.24, 2.45) is 5.73 Å². The van der Waals surface area contributed by atoms with Crippen LogP contribution in [0.5, 0.6) is 0 Å². The molecule has 1 fully saturated rings. The van der Waals surface area contributed by atoms with E-state index in [0.29, 0.717) is 12.1 Å². The average molecular weight is 248 g/mol. The Hall–Kier alpha value is -0.970. The predicted molar refractivity (Wildman–Crippen MR) is 74.2 cm³/mol. The van der Waals surface area contributed by atoms with Crippen molar-refractivity contribution in [3.8, 4) is 0 Å². The van der Waals surface area contributed by atoms with E-state index < -0.39 is 0 Å². The van der Waals surface area contributed by atoms with E-state index in [1.54, 1.807) is 0 Å². The Labute approximate surface area is 110 Å². The van der Waals surface area contributed by atoms with Crippen molar-refractivity contribution in [2.75, 3.05) is 26.7 Å². The second-order valence-electron chi connectivity index (χ2n) is 5.26. The number of nitrogens with zero attached hydrogens (tertiary/aromatic N) is 3. The fraction of sp³-hybridized carbons (Fsp3) is 0.643. The minimum absolute atomic E-state index is 0.572. The first-order valence-corrected chi connectivity index (χ1v) is 6.75. The molecule has 0 bridgehead atoms. The summed E-state index contributed by atoms with van der Waals surface area (Å²) >= 11 is 0. The SMILES string of the molecule is CC1CN(Cc2ccccn2)CC(CCN)N1C. The topological polar surface area (TPSA) is 45.4 Å². The van der Waals surface area contributed by atoms with Gasteiger partial charge in [0.25, 0.3) is 0 Å². The van der Waals surface area contributed by atoms with Crippen LogP contribution in [0.25, 0.3) is 0 Å². The number of rotatable bonds is 4.